The number of carbonyl (C=O) groups is 2. The van der Waals surface area contributed by atoms with Crippen molar-refractivity contribution in [2.45, 2.75) is 38.2 Å². The average molecular weight is 427 g/mol. The van der Waals surface area contributed by atoms with Crippen molar-refractivity contribution in [3.05, 3.63) is 70.3 Å². The van der Waals surface area contributed by atoms with E-state index in [0.29, 0.717) is 18.3 Å². The number of phenolic OH excluding ortho intramolecular Hbond substituents is 2. The van der Waals surface area contributed by atoms with Crippen LogP contribution in [0, 0.1) is 11.8 Å². The van der Waals surface area contributed by atoms with Crippen LogP contribution in [0.25, 0.3) is 0 Å². The maximum atomic E-state index is 13.1. The Morgan fingerprint density at radius 1 is 1.00 bits per heavy atom. The fraction of sp³-hybridized carbons (Fsp3) is 0.333. The number of fused-ring (bicyclic) bond motifs is 2. The number of rotatable bonds is 1. The maximum absolute atomic E-state index is 13.1. The Hall–Kier alpha value is -2.79. The molecule has 2 N–H and O–H groups in total. The highest BCUT2D eigenvalue weighted by Gasteiger charge is 2.39. The number of ketones is 1. The van der Waals surface area contributed by atoms with Gasteiger partial charge >= 0.3 is 5.97 Å². The van der Waals surface area contributed by atoms with Gasteiger partial charge in [-0.05, 0) is 49.2 Å². The van der Waals surface area contributed by atoms with Gasteiger partial charge in [-0.3, -0.25) is 4.79 Å². The number of benzene rings is 2. The van der Waals surface area contributed by atoms with Gasteiger partial charge in [-0.2, -0.15) is 0 Å². The summed E-state index contributed by atoms with van der Waals surface area (Å²) in [5.74, 6) is -0.864. The SMILES string of the molecule is O=C1/C=C/CCC2CC2C[C@H](c2ccccc2)OC(=O)c2c(O)cc(O)c(Cl)c2C1. The van der Waals surface area contributed by atoms with E-state index in [-0.39, 0.29) is 34.1 Å². The molecule has 2 aliphatic rings. The molecule has 1 heterocycles. The lowest BCUT2D eigenvalue weighted by atomic mass is 9.98. The highest BCUT2D eigenvalue weighted by Crippen LogP contribution is 2.48. The zero-order valence-electron chi connectivity index (χ0n) is 16.4. The number of hydrogen-bond acceptors (Lipinski definition) is 5. The molecule has 1 saturated carbocycles. The Labute approximate surface area is 179 Å². The number of ether oxygens (including phenoxy) is 1. The second kappa shape index (κ2) is 8.52. The van der Waals surface area contributed by atoms with Crippen LogP contribution >= 0.6 is 11.6 Å². The molecule has 5 nitrogen and oxygen atoms in total. The van der Waals surface area contributed by atoms with Gasteiger partial charge in [0.25, 0.3) is 0 Å². The summed E-state index contributed by atoms with van der Waals surface area (Å²) in [5, 5.41) is 20.3. The van der Waals surface area contributed by atoms with Gasteiger partial charge in [0.1, 0.15) is 23.2 Å². The van der Waals surface area contributed by atoms with Crippen LogP contribution in [0.2, 0.25) is 5.02 Å². The van der Waals surface area contributed by atoms with Crippen molar-refractivity contribution in [2.24, 2.45) is 11.8 Å². The molecule has 2 unspecified atom stereocenters. The van der Waals surface area contributed by atoms with Crippen LogP contribution < -0.4 is 0 Å². The lowest BCUT2D eigenvalue weighted by Gasteiger charge is -2.21. The van der Waals surface area contributed by atoms with Crippen molar-refractivity contribution >= 4 is 23.4 Å². The molecule has 6 heteroatoms. The van der Waals surface area contributed by atoms with Crippen LogP contribution in [0.4, 0.5) is 0 Å². The molecule has 0 spiro atoms. The van der Waals surface area contributed by atoms with Gasteiger partial charge in [-0.15, -0.1) is 0 Å². The monoisotopic (exact) mass is 426 g/mol. The van der Waals surface area contributed by atoms with Crippen molar-refractivity contribution in [2.75, 3.05) is 0 Å². The third-order valence-electron chi connectivity index (χ3n) is 5.89. The van der Waals surface area contributed by atoms with Gasteiger partial charge in [0.05, 0.1) is 5.02 Å². The minimum Gasteiger partial charge on any atom is -0.507 e. The predicted molar refractivity (Wildman–Crippen MR) is 113 cm³/mol. The Morgan fingerprint density at radius 3 is 2.53 bits per heavy atom. The van der Waals surface area contributed by atoms with E-state index in [1.807, 2.05) is 36.4 Å². The molecule has 3 atom stereocenters. The van der Waals surface area contributed by atoms with Crippen LogP contribution in [0.15, 0.2) is 48.6 Å². The van der Waals surface area contributed by atoms with Crippen LogP contribution in [0.5, 0.6) is 11.5 Å². The van der Waals surface area contributed by atoms with E-state index in [0.717, 1.165) is 30.9 Å². The molecule has 0 saturated heterocycles. The first-order valence-electron chi connectivity index (χ1n) is 10.1. The fourth-order valence-electron chi connectivity index (χ4n) is 4.17. The first kappa shape index (κ1) is 20.5. The molecule has 0 amide bonds. The Balaban J connectivity index is 1.75. The van der Waals surface area contributed by atoms with E-state index >= 15 is 0 Å². The molecule has 1 fully saturated rings. The summed E-state index contributed by atoms with van der Waals surface area (Å²) >= 11 is 6.20. The van der Waals surface area contributed by atoms with Crippen LogP contribution in [-0.2, 0) is 16.0 Å². The van der Waals surface area contributed by atoms with Gasteiger partial charge < -0.3 is 14.9 Å². The van der Waals surface area contributed by atoms with E-state index in [9.17, 15) is 19.8 Å². The quantitative estimate of drug-likeness (QED) is 0.617. The molecule has 1 aliphatic heterocycles. The lowest BCUT2D eigenvalue weighted by Crippen LogP contribution is -2.16. The third-order valence-corrected chi connectivity index (χ3v) is 6.31. The van der Waals surface area contributed by atoms with Crippen molar-refractivity contribution in [3.63, 3.8) is 0 Å². The van der Waals surface area contributed by atoms with Crippen molar-refractivity contribution < 1.29 is 24.5 Å². The Morgan fingerprint density at radius 2 is 1.77 bits per heavy atom. The summed E-state index contributed by atoms with van der Waals surface area (Å²) in [6, 6.07) is 10.5. The zero-order chi connectivity index (χ0) is 21.3. The van der Waals surface area contributed by atoms with E-state index in [4.69, 9.17) is 16.3 Å². The number of halogens is 1. The largest absolute Gasteiger partial charge is 0.507 e. The molecule has 0 bridgehead atoms. The average Bonchev–Trinajstić information content (AvgIpc) is 3.46. The molecule has 1 aliphatic carbocycles. The minimum atomic E-state index is -0.760. The molecule has 2 aromatic carbocycles. The van der Waals surface area contributed by atoms with Gasteiger partial charge in [0, 0.05) is 18.1 Å². The smallest absolute Gasteiger partial charge is 0.342 e. The zero-order valence-corrected chi connectivity index (χ0v) is 17.1. The summed E-state index contributed by atoms with van der Waals surface area (Å²) in [6.45, 7) is 0. The van der Waals surface area contributed by atoms with Crippen molar-refractivity contribution in [3.8, 4) is 11.5 Å². The molecular formula is C24H23ClO5. The Kier molecular flexibility index (Phi) is 5.82. The molecule has 156 valence electrons. The first-order valence-corrected chi connectivity index (χ1v) is 10.5. The van der Waals surface area contributed by atoms with E-state index in [1.165, 1.54) is 6.08 Å². The van der Waals surface area contributed by atoms with Gasteiger partial charge in [0.15, 0.2) is 5.78 Å². The fourth-order valence-corrected chi connectivity index (χ4v) is 4.39. The van der Waals surface area contributed by atoms with Crippen LogP contribution in [-0.4, -0.2) is 22.0 Å². The van der Waals surface area contributed by atoms with Gasteiger partial charge in [0.2, 0.25) is 0 Å². The minimum absolute atomic E-state index is 0.0713. The van der Waals surface area contributed by atoms with Crippen molar-refractivity contribution in [1.82, 2.24) is 0 Å². The topological polar surface area (TPSA) is 83.8 Å². The second-order valence-corrected chi connectivity index (χ2v) is 8.38. The molecule has 0 radical (unpaired) electrons. The number of hydrogen-bond donors (Lipinski definition) is 2. The lowest BCUT2D eigenvalue weighted by molar-refractivity contribution is -0.114. The van der Waals surface area contributed by atoms with Crippen LogP contribution in [0.3, 0.4) is 0 Å². The number of cyclic esters (lactones) is 1. The molecular weight excluding hydrogens is 404 g/mol. The number of phenols is 2. The number of carbonyl (C=O) groups excluding carboxylic acids is 2. The molecule has 30 heavy (non-hydrogen) atoms. The summed E-state index contributed by atoms with van der Waals surface area (Å²) in [4.78, 5) is 25.5. The van der Waals surface area contributed by atoms with E-state index < -0.39 is 17.8 Å². The summed E-state index contributed by atoms with van der Waals surface area (Å²) in [6.07, 6.45) is 6.19. The number of aromatic hydroxyl groups is 2. The molecule has 4 rings (SSSR count). The van der Waals surface area contributed by atoms with Gasteiger partial charge in [-0.1, -0.05) is 48.0 Å². The Bertz CT molecular complexity index is 998. The number of allylic oxidation sites excluding steroid dienone is 2. The highest BCUT2D eigenvalue weighted by atomic mass is 35.5. The molecule has 0 aromatic heterocycles. The summed E-state index contributed by atoms with van der Waals surface area (Å²) < 4.78 is 5.85. The maximum Gasteiger partial charge on any atom is 0.342 e. The van der Waals surface area contributed by atoms with Crippen molar-refractivity contribution in [1.29, 1.82) is 0 Å². The first-order chi connectivity index (χ1) is 14.4. The summed E-state index contributed by atoms with van der Waals surface area (Å²) in [7, 11) is 0. The van der Waals surface area contributed by atoms with Crippen LogP contribution in [0.1, 0.15) is 53.3 Å². The van der Waals surface area contributed by atoms with Gasteiger partial charge in [-0.25, -0.2) is 4.79 Å². The highest BCUT2D eigenvalue weighted by molar-refractivity contribution is 6.33. The third kappa shape index (κ3) is 4.36. The standard InChI is InChI=1S/C24H23ClO5/c25-23-18-12-17(26)9-5-4-8-15-10-16(15)11-21(14-6-2-1-3-7-14)30-24(29)22(18)19(27)13-20(23)28/h1-3,5-7,9,13,15-16,21,27-28H,4,8,10-12H2/b9-5+/t15?,16?,21-/m1/s1. The molecule has 2 aromatic rings. The van der Waals surface area contributed by atoms with E-state index in [1.54, 1.807) is 0 Å². The van der Waals surface area contributed by atoms with E-state index in [2.05, 4.69) is 0 Å². The second-order valence-electron chi connectivity index (χ2n) is 8.00. The normalized spacial score (nSPS) is 25.4. The predicted octanol–water partition coefficient (Wildman–Crippen LogP) is 5.14. The number of esters is 1. The summed E-state index contributed by atoms with van der Waals surface area (Å²) in [5.41, 5.74) is 0.775.